The van der Waals surface area contributed by atoms with Gasteiger partial charge >= 0.3 is 0 Å². The number of benzene rings is 2. The Balaban J connectivity index is 1.52. The summed E-state index contributed by atoms with van der Waals surface area (Å²) < 4.78 is 29.9. The van der Waals surface area contributed by atoms with E-state index in [1.54, 1.807) is 23.1 Å². The Morgan fingerprint density at radius 1 is 1.18 bits per heavy atom. The highest BCUT2D eigenvalue weighted by Crippen LogP contribution is 2.49. The molecule has 0 unspecified atom stereocenters. The van der Waals surface area contributed by atoms with Crippen molar-refractivity contribution in [2.45, 2.75) is 29.6 Å². The van der Waals surface area contributed by atoms with Crippen LogP contribution < -0.4 is 4.74 Å². The second kappa shape index (κ2) is 8.25. The molecule has 1 aliphatic carbocycles. The van der Waals surface area contributed by atoms with Gasteiger partial charge in [-0.1, -0.05) is 34.1 Å². The van der Waals surface area contributed by atoms with Gasteiger partial charge in [-0.25, -0.2) is 8.42 Å². The fraction of sp³-hybridized carbons (Fsp3) is 0.381. The second-order valence-electron chi connectivity index (χ2n) is 7.27. The topological polar surface area (TPSA) is 63.7 Å². The van der Waals surface area contributed by atoms with Crippen molar-refractivity contribution in [3.8, 4) is 5.75 Å². The van der Waals surface area contributed by atoms with Gasteiger partial charge < -0.3 is 9.64 Å². The summed E-state index contributed by atoms with van der Waals surface area (Å²) in [7, 11) is -1.43. The van der Waals surface area contributed by atoms with E-state index in [0.717, 1.165) is 22.9 Å². The Morgan fingerprint density at radius 3 is 2.54 bits per heavy atom. The number of sulfone groups is 1. The molecule has 0 N–H and O–H groups in total. The summed E-state index contributed by atoms with van der Waals surface area (Å²) >= 11 is 3.48. The van der Waals surface area contributed by atoms with Crippen molar-refractivity contribution in [2.24, 2.45) is 0 Å². The van der Waals surface area contributed by atoms with E-state index in [4.69, 9.17) is 4.74 Å². The van der Waals surface area contributed by atoms with Crippen molar-refractivity contribution >= 4 is 31.7 Å². The zero-order valence-electron chi connectivity index (χ0n) is 16.0. The van der Waals surface area contributed by atoms with Gasteiger partial charge in [0, 0.05) is 24.3 Å². The summed E-state index contributed by atoms with van der Waals surface area (Å²) in [5, 5.41) is 0. The van der Waals surface area contributed by atoms with Crippen LogP contribution >= 0.6 is 15.9 Å². The van der Waals surface area contributed by atoms with Crippen LogP contribution in [-0.4, -0.2) is 45.7 Å². The van der Waals surface area contributed by atoms with Crippen LogP contribution in [0.1, 0.15) is 24.8 Å². The van der Waals surface area contributed by atoms with Crippen LogP contribution in [0.5, 0.6) is 5.75 Å². The Morgan fingerprint density at radius 2 is 1.89 bits per heavy atom. The van der Waals surface area contributed by atoms with Gasteiger partial charge in [-0.2, -0.15) is 0 Å². The lowest BCUT2D eigenvalue weighted by Crippen LogP contribution is -2.37. The third-order valence-corrected chi connectivity index (χ3v) is 6.63. The first kappa shape index (κ1) is 20.9. The van der Waals surface area contributed by atoms with E-state index in [9.17, 15) is 13.2 Å². The lowest BCUT2D eigenvalue weighted by atomic mass is 9.94. The van der Waals surface area contributed by atoms with Crippen LogP contribution in [0.4, 0.5) is 0 Å². The van der Waals surface area contributed by atoms with Crippen molar-refractivity contribution in [1.29, 1.82) is 0 Å². The second-order valence-corrected chi connectivity index (χ2v) is 10.2. The molecule has 0 radical (unpaired) electrons. The zero-order chi connectivity index (χ0) is 20.4. The molecule has 0 heterocycles. The average Bonchev–Trinajstić information content (AvgIpc) is 3.46. The highest BCUT2D eigenvalue weighted by Gasteiger charge is 2.52. The van der Waals surface area contributed by atoms with Crippen LogP contribution in [0.3, 0.4) is 0 Å². The lowest BCUT2D eigenvalue weighted by Gasteiger charge is -2.24. The monoisotopic (exact) mass is 465 g/mol. The fourth-order valence-corrected chi connectivity index (χ4v) is 4.35. The summed E-state index contributed by atoms with van der Waals surface area (Å²) in [5.74, 6) is 0.661. The molecule has 0 atom stereocenters. The minimum Gasteiger partial charge on any atom is -0.493 e. The van der Waals surface area contributed by atoms with Gasteiger partial charge in [0.2, 0.25) is 5.91 Å². The predicted molar refractivity (Wildman–Crippen MR) is 112 cm³/mol. The van der Waals surface area contributed by atoms with E-state index in [2.05, 4.69) is 15.9 Å². The molecule has 3 rings (SSSR count). The number of carbonyl (C=O) groups excluding carboxylic acids is 1. The zero-order valence-corrected chi connectivity index (χ0v) is 18.4. The fourth-order valence-electron chi connectivity index (χ4n) is 3.29. The van der Waals surface area contributed by atoms with Gasteiger partial charge in [0.25, 0.3) is 0 Å². The van der Waals surface area contributed by atoms with E-state index in [1.807, 2.05) is 31.3 Å². The number of nitrogens with zero attached hydrogens (tertiary/aromatic N) is 1. The van der Waals surface area contributed by atoms with Crippen LogP contribution in [0.15, 0.2) is 57.9 Å². The molecule has 1 fully saturated rings. The van der Waals surface area contributed by atoms with Crippen LogP contribution in [0, 0.1) is 0 Å². The van der Waals surface area contributed by atoms with E-state index in [-0.39, 0.29) is 16.2 Å². The molecule has 2 aromatic carbocycles. The summed E-state index contributed by atoms with van der Waals surface area (Å²) in [6.45, 7) is 0.995. The lowest BCUT2D eigenvalue weighted by molar-refractivity contribution is -0.132. The molecule has 0 spiro atoms. The van der Waals surface area contributed by atoms with Crippen molar-refractivity contribution in [1.82, 2.24) is 4.90 Å². The maximum Gasteiger partial charge on any atom is 0.232 e. The molecular weight excluding hydrogens is 442 g/mol. The van der Waals surface area contributed by atoms with Crippen LogP contribution in [0.2, 0.25) is 0 Å². The SMILES string of the molecule is CN(CCCOc1cccc(S(C)(=O)=O)c1)C(=O)C1(c2cccc(Br)c2)CC1. The first-order valence-corrected chi connectivity index (χ1v) is 11.9. The minimum atomic E-state index is -3.26. The number of likely N-dealkylation sites (N-methyl/N-ethyl adjacent to an activating group) is 1. The minimum absolute atomic E-state index is 0.143. The third kappa shape index (κ3) is 4.75. The van der Waals surface area contributed by atoms with E-state index in [0.29, 0.717) is 25.3 Å². The largest absolute Gasteiger partial charge is 0.493 e. The maximum atomic E-state index is 13.0. The summed E-state index contributed by atoms with van der Waals surface area (Å²) in [6, 6.07) is 14.4. The number of hydrogen-bond acceptors (Lipinski definition) is 4. The number of amides is 1. The Labute approximate surface area is 174 Å². The molecule has 0 saturated heterocycles. The molecular formula is C21H24BrNO4S. The molecule has 150 valence electrons. The first-order valence-electron chi connectivity index (χ1n) is 9.17. The predicted octanol–water partition coefficient (Wildman–Crippen LogP) is 3.81. The van der Waals surface area contributed by atoms with Crippen molar-refractivity contribution in [3.05, 3.63) is 58.6 Å². The summed E-state index contributed by atoms with van der Waals surface area (Å²) in [5.41, 5.74) is 0.677. The van der Waals surface area contributed by atoms with E-state index < -0.39 is 9.84 Å². The molecule has 1 saturated carbocycles. The van der Waals surface area contributed by atoms with Gasteiger partial charge in [0.1, 0.15) is 5.75 Å². The maximum absolute atomic E-state index is 13.0. The van der Waals surface area contributed by atoms with Crippen LogP contribution in [0.25, 0.3) is 0 Å². The Bertz CT molecular complexity index is 970. The first-order chi connectivity index (χ1) is 13.2. The highest BCUT2D eigenvalue weighted by atomic mass is 79.9. The molecule has 5 nitrogen and oxygen atoms in total. The molecule has 1 aliphatic rings. The Hall–Kier alpha value is -1.86. The van der Waals surface area contributed by atoms with Gasteiger partial charge in [-0.05, 0) is 55.2 Å². The molecule has 7 heteroatoms. The molecule has 28 heavy (non-hydrogen) atoms. The smallest absolute Gasteiger partial charge is 0.232 e. The number of rotatable bonds is 8. The van der Waals surface area contributed by atoms with Crippen molar-refractivity contribution in [2.75, 3.05) is 26.5 Å². The van der Waals surface area contributed by atoms with Gasteiger partial charge in [-0.15, -0.1) is 0 Å². The molecule has 0 aliphatic heterocycles. The normalized spacial score (nSPS) is 15.1. The van der Waals surface area contributed by atoms with Gasteiger partial charge in [0.05, 0.1) is 16.9 Å². The number of carbonyl (C=O) groups is 1. The van der Waals surface area contributed by atoms with Gasteiger partial charge in [0.15, 0.2) is 9.84 Å². The average molecular weight is 466 g/mol. The molecule has 0 bridgehead atoms. The number of ether oxygens (including phenoxy) is 1. The molecule has 1 amide bonds. The summed E-state index contributed by atoms with van der Waals surface area (Å²) in [4.78, 5) is 15.0. The number of halogens is 1. The highest BCUT2D eigenvalue weighted by molar-refractivity contribution is 9.10. The van der Waals surface area contributed by atoms with Crippen LogP contribution in [-0.2, 0) is 20.0 Å². The summed E-state index contributed by atoms with van der Waals surface area (Å²) in [6.07, 6.45) is 3.59. The quantitative estimate of drug-likeness (QED) is 0.555. The molecule has 2 aromatic rings. The van der Waals surface area contributed by atoms with Crippen molar-refractivity contribution < 1.29 is 17.9 Å². The van der Waals surface area contributed by atoms with E-state index in [1.165, 1.54) is 12.3 Å². The van der Waals surface area contributed by atoms with E-state index >= 15 is 0 Å². The Kier molecular flexibility index (Phi) is 6.15. The standard InChI is InChI=1S/C21H24BrNO4S/c1-23(20(24)21(10-11-21)16-6-3-7-17(22)14-16)12-5-13-27-18-8-4-9-19(15-18)28(2,25)26/h3-4,6-9,14-15H,5,10-13H2,1-2H3. The molecule has 0 aromatic heterocycles. The number of hydrogen-bond donors (Lipinski definition) is 0. The van der Waals surface area contributed by atoms with Gasteiger partial charge in [-0.3, -0.25) is 4.79 Å². The third-order valence-electron chi connectivity index (χ3n) is 5.02. The van der Waals surface area contributed by atoms with Crippen molar-refractivity contribution in [3.63, 3.8) is 0 Å².